The van der Waals surface area contributed by atoms with Crippen LogP contribution in [0.1, 0.15) is 31.3 Å². The van der Waals surface area contributed by atoms with Crippen molar-refractivity contribution in [3.05, 3.63) is 9.48 Å². The zero-order valence-corrected chi connectivity index (χ0v) is 12.8. The summed E-state index contributed by atoms with van der Waals surface area (Å²) in [4.78, 5) is 26.7. The van der Waals surface area contributed by atoms with Gasteiger partial charge in [-0.1, -0.05) is 11.3 Å². The van der Waals surface area contributed by atoms with Gasteiger partial charge >= 0.3 is 12.1 Å². The van der Waals surface area contributed by atoms with Crippen molar-refractivity contribution < 1.29 is 19.1 Å². The van der Waals surface area contributed by atoms with Crippen molar-refractivity contribution in [3.63, 3.8) is 0 Å². The van der Waals surface area contributed by atoms with Crippen LogP contribution in [0.15, 0.2) is 3.79 Å². The zero-order valence-electron chi connectivity index (χ0n) is 10.4. The van der Waals surface area contributed by atoms with E-state index >= 15 is 0 Å². The summed E-state index contributed by atoms with van der Waals surface area (Å²) in [5.41, 5.74) is -0.474. The second kappa shape index (κ2) is 5.66. The van der Waals surface area contributed by atoms with E-state index in [-0.39, 0.29) is 10.8 Å². The molecule has 1 aromatic rings. The Hall–Kier alpha value is -1.15. The Bertz CT molecular complexity index is 467. The average Bonchev–Trinajstić information content (AvgIpc) is 2.55. The first kappa shape index (κ1) is 14.9. The molecule has 0 aromatic carbocycles. The average molecular weight is 337 g/mol. The lowest BCUT2D eigenvalue weighted by atomic mass is 10.2. The minimum atomic E-state index is -0.625. The van der Waals surface area contributed by atoms with Crippen molar-refractivity contribution >= 4 is 44.5 Å². The number of anilines is 1. The van der Waals surface area contributed by atoms with Crippen LogP contribution in [0.4, 0.5) is 9.93 Å². The number of thiazole rings is 1. The normalized spacial score (nSPS) is 10.9. The van der Waals surface area contributed by atoms with E-state index in [9.17, 15) is 9.59 Å². The lowest BCUT2D eigenvalue weighted by molar-refractivity contribution is 0.0589. The summed E-state index contributed by atoms with van der Waals surface area (Å²) in [5.74, 6) is -0.574. The minimum absolute atomic E-state index is 0.119. The third-order valence-corrected chi connectivity index (χ3v) is 3.19. The Morgan fingerprint density at radius 2 is 2.00 bits per heavy atom. The van der Waals surface area contributed by atoms with E-state index in [4.69, 9.17) is 4.74 Å². The van der Waals surface area contributed by atoms with Crippen LogP contribution >= 0.6 is 27.3 Å². The summed E-state index contributed by atoms with van der Waals surface area (Å²) in [5, 5.41) is 2.71. The molecule has 0 saturated carbocycles. The Labute approximate surface area is 117 Å². The fourth-order valence-corrected chi connectivity index (χ4v) is 2.35. The number of carbonyl (C=O) groups excluding carboxylic acids is 2. The molecule has 1 aromatic heterocycles. The number of hydrogen-bond donors (Lipinski definition) is 1. The van der Waals surface area contributed by atoms with E-state index < -0.39 is 17.7 Å². The van der Waals surface area contributed by atoms with Crippen LogP contribution in [0.25, 0.3) is 0 Å². The molecule has 0 spiro atoms. The Morgan fingerprint density at radius 1 is 1.39 bits per heavy atom. The first-order valence-electron chi connectivity index (χ1n) is 4.97. The summed E-state index contributed by atoms with van der Waals surface area (Å²) in [6, 6.07) is 0. The first-order valence-corrected chi connectivity index (χ1v) is 6.58. The standard InChI is InChI=1S/C10H13BrN2O4S/c1-10(2,3)17-9(15)13-8-12-5(6(11)18-8)7(14)16-4/h1-4H3,(H,12,13,15). The molecule has 0 aliphatic heterocycles. The number of halogens is 1. The molecular formula is C10H13BrN2O4S. The predicted octanol–water partition coefficient (Wildman–Crippen LogP) is 3.04. The summed E-state index contributed by atoms with van der Waals surface area (Å²) < 4.78 is 10.1. The van der Waals surface area contributed by atoms with Gasteiger partial charge in [0.15, 0.2) is 10.8 Å². The number of nitrogens with zero attached hydrogens (tertiary/aromatic N) is 1. The summed E-state index contributed by atoms with van der Waals surface area (Å²) >= 11 is 4.28. The molecule has 0 aliphatic rings. The molecule has 18 heavy (non-hydrogen) atoms. The van der Waals surface area contributed by atoms with Crippen molar-refractivity contribution in [3.8, 4) is 0 Å². The van der Waals surface area contributed by atoms with Crippen molar-refractivity contribution in [1.29, 1.82) is 0 Å². The van der Waals surface area contributed by atoms with E-state index in [0.717, 1.165) is 11.3 Å². The maximum atomic E-state index is 11.5. The molecule has 0 unspecified atom stereocenters. The zero-order chi connectivity index (χ0) is 13.9. The molecule has 8 heteroatoms. The highest BCUT2D eigenvalue weighted by Gasteiger charge is 2.20. The van der Waals surface area contributed by atoms with Gasteiger partial charge in [0.1, 0.15) is 9.39 Å². The van der Waals surface area contributed by atoms with Gasteiger partial charge in [-0.15, -0.1) is 0 Å². The SMILES string of the molecule is COC(=O)c1nc(NC(=O)OC(C)(C)C)sc1Br. The molecule has 1 N–H and O–H groups in total. The molecule has 6 nitrogen and oxygen atoms in total. The molecule has 1 amide bonds. The van der Waals surface area contributed by atoms with Gasteiger partial charge in [0, 0.05) is 0 Å². The third-order valence-electron chi connectivity index (χ3n) is 1.57. The van der Waals surface area contributed by atoms with Gasteiger partial charge < -0.3 is 9.47 Å². The van der Waals surface area contributed by atoms with Gasteiger partial charge in [0.2, 0.25) is 0 Å². The minimum Gasteiger partial charge on any atom is -0.464 e. The van der Waals surface area contributed by atoms with Crippen molar-refractivity contribution in [2.45, 2.75) is 26.4 Å². The van der Waals surface area contributed by atoms with Gasteiger partial charge in [0.25, 0.3) is 0 Å². The van der Waals surface area contributed by atoms with E-state index in [2.05, 4.69) is 31.0 Å². The van der Waals surface area contributed by atoms with Crippen LogP contribution in [-0.2, 0) is 9.47 Å². The predicted molar refractivity (Wildman–Crippen MR) is 71.0 cm³/mol. The number of hydrogen-bond acceptors (Lipinski definition) is 6. The van der Waals surface area contributed by atoms with E-state index in [1.165, 1.54) is 7.11 Å². The quantitative estimate of drug-likeness (QED) is 0.840. The van der Waals surface area contributed by atoms with E-state index in [0.29, 0.717) is 3.79 Å². The summed E-state index contributed by atoms with van der Waals surface area (Å²) in [6.45, 7) is 5.26. The number of methoxy groups -OCH3 is 1. The fraction of sp³-hybridized carbons (Fsp3) is 0.500. The van der Waals surface area contributed by atoms with Gasteiger partial charge in [-0.25, -0.2) is 14.6 Å². The second-order valence-electron chi connectivity index (χ2n) is 4.26. The second-order valence-corrected chi connectivity index (χ2v) is 6.58. The highest BCUT2D eigenvalue weighted by Crippen LogP contribution is 2.29. The number of esters is 1. The smallest absolute Gasteiger partial charge is 0.413 e. The number of rotatable bonds is 2. The highest BCUT2D eigenvalue weighted by molar-refractivity contribution is 9.11. The summed E-state index contributed by atoms with van der Waals surface area (Å²) in [7, 11) is 1.26. The van der Waals surface area contributed by atoms with Crippen molar-refractivity contribution in [2.24, 2.45) is 0 Å². The van der Waals surface area contributed by atoms with Crippen LogP contribution in [0.2, 0.25) is 0 Å². The maximum Gasteiger partial charge on any atom is 0.413 e. The number of aromatic nitrogens is 1. The number of nitrogens with one attached hydrogen (secondary N) is 1. The lowest BCUT2D eigenvalue weighted by Gasteiger charge is -2.18. The molecule has 0 aliphatic carbocycles. The monoisotopic (exact) mass is 336 g/mol. The van der Waals surface area contributed by atoms with Crippen LogP contribution in [-0.4, -0.2) is 29.8 Å². The lowest BCUT2D eigenvalue weighted by Crippen LogP contribution is -2.27. The third kappa shape index (κ3) is 4.26. The fourth-order valence-electron chi connectivity index (χ4n) is 0.968. The summed E-state index contributed by atoms with van der Waals surface area (Å²) in [6.07, 6.45) is -0.625. The Balaban J connectivity index is 2.75. The topological polar surface area (TPSA) is 77.5 Å². The van der Waals surface area contributed by atoms with Gasteiger partial charge in [-0.2, -0.15) is 0 Å². The van der Waals surface area contributed by atoms with Crippen LogP contribution < -0.4 is 5.32 Å². The molecule has 0 saturated heterocycles. The van der Waals surface area contributed by atoms with Gasteiger partial charge in [-0.3, -0.25) is 5.32 Å². The first-order chi connectivity index (χ1) is 8.23. The molecule has 0 radical (unpaired) electrons. The molecule has 0 atom stereocenters. The molecular weight excluding hydrogens is 324 g/mol. The number of carbonyl (C=O) groups is 2. The van der Waals surface area contributed by atoms with E-state index in [1.807, 2.05) is 0 Å². The van der Waals surface area contributed by atoms with Crippen LogP contribution in [0, 0.1) is 0 Å². The van der Waals surface area contributed by atoms with E-state index in [1.54, 1.807) is 20.8 Å². The van der Waals surface area contributed by atoms with Gasteiger partial charge in [0.05, 0.1) is 7.11 Å². The highest BCUT2D eigenvalue weighted by atomic mass is 79.9. The molecule has 1 heterocycles. The van der Waals surface area contributed by atoms with Crippen LogP contribution in [0.3, 0.4) is 0 Å². The molecule has 0 bridgehead atoms. The van der Waals surface area contributed by atoms with Crippen LogP contribution in [0.5, 0.6) is 0 Å². The Morgan fingerprint density at radius 3 is 2.50 bits per heavy atom. The van der Waals surface area contributed by atoms with Gasteiger partial charge in [-0.05, 0) is 36.7 Å². The molecule has 1 rings (SSSR count). The largest absolute Gasteiger partial charge is 0.464 e. The molecule has 0 fully saturated rings. The maximum absolute atomic E-state index is 11.5. The molecule has 100 valence electrons. The number of ether oxygens (including phenoxy) is 2. The van der Waals surface area contributed by atoms with Crippen molar-refractivity contribution in [1.82, 2.24) is 4.98 Å². The van der Waals surface area contributed by atoms with Crippen molar-refractivity contribution in [2.75, 3.05) is 12.4 Å². The number of amides is 1. The Kier molecular flexibility index (Phi) is 4.69.